The average molecular weight is 383 g/mol. The smallest absolute Gasteiger partial charge is 0.249 e. The van der Waals surface area contributed by atoms with Crippen LogP contribution in [0.4, 0.5) is 23.1 Å². The SMILES string of the molecule is Clc1cccc(Nc2cnnc(Nc3cccc4cccnc34)n2)c1Cl. The minimum absolute atomic E-state index is 0.339. The molecule has 2 N–H and O–H groups in total. The second-order valence-corrected chi connectivity index (χ2v) is 6.18. The summed E-state index contributed by atoms with van der Waals surface area (Å²) in [4.78, 5) is 8.82. The molecular weight excluding hydrogens is 371 g/mol. The first-order valence-corrected chi connectivity index (χ1v) is 8.48. The van der Waals surface area contributed by atoms with Gasteiger partial charge in [-0.05, 0) is 24.3 Å². The van der Waals surface area contributed by atoms with Gasteiger partial charge in [-0.15, -0.1) is 5.10 Å². The Morgan fingerprint density at radius 2 is 1.65 bits per heavy atom. The van der Waals surface area contributed by atoms with Crippen molar-refractivity contribution in [3.05, 3.63) is 71.0 Å². The van der Waals surface area contributed by atoms with E-state index in [2.05, 4.69) is 30.8 Å². The lowest BCUT2D eigenvalue weighted by molar-refractivity contribution is 0.983. The van der Waals surface area contributed by atoms with Gasteiger partial charge in [0.1, 0.15) is 0 Å². The van der Waals surface area contributed by atoms with Gasteiger partial charge in [0.05, 0.1) is 33.1 Å². The van der Waals surface area contributed by atoms with Crippen LogP contribution in [0.5, 0.6) is 0 Å². The number of rotatable bonds is 4. The fraction of sp³-hybridized carbons (Fsp3) is 0. The Morgan fingerprint density at radius 1 is 0.846 bits per heavy atom. The van der Waals surface area contributed by atoms with Crippen LogP contribution in [0.15, 0.2) is 60.9 Å². The lowest BCUT2D eigenvalue weighted by atomic mass is 10.2. The molecule has 0 aliphatic heterocycles. The summed E-state index contributed by atoms with van der Waals surface area (Å²) >= 11 is 12.2. The van der Waals surface area contributed by atoms with Crippen molar-refractivity contribution >= 4 is 57.2 Å². The zero-order valence-electron chi connectivity index (χ0n) is 13.3. The third kappa shape index (κ3) is 3.37. The molecule has 6 nitrogen and oxygen atoms in total. The lowest BCUT2D eigenvalue weighted by Gasteiger charge is -2.10. The van der Waals surface area contributed by atoms with Gasteiger partial charge in [0.15, 0.2) is 5.82 Å². The molecule has 0 bridgehead atoms. The highest BCUT2D eigenvalue weighted by Crippen LogP contribution is 2.31. The summed E-state index contributed by atoms with van der Waals surface area (Å²) in [5.74, 6) is 0.825. The van der Waals surface area contributed by atoms with E-state index in [4.69, 9.17) is 23.2 Å². The minimum Gasteiger partial charge on any atom is -0.338 e. The number of anilines is 4. The van der Waals surface area contributed by atoms with Gasteiger partial charge < -0.3 is 10.6 Å². The van der Waals surface area contributed by atoms with Gasteiger partial charge in [-0.2, -0.15) is 10.1 Å². The monoisotopic (exact) mass is 382 g/mol. The zero-order valence-corrected chi connectivity index (χ0v) is 14.8. The quantitative estimate of drug-likeness (QED) is 0.504. The van der Waals surface area contributed by atoms with Gasteiger partial charge in [0.25, 0.3) is 0 Å². The summed E-state index contributed by atoms with van der Waals surface area (Å²) in [5.41, 5.74) is 2.26. The highest BCUT2D eigenvalue weighted by atomic mass is 35.5. The molecule has 128 valence electrons. The Kier molecular flexibility index (Phi) is 4.51. The minimum atomic E-state index is 0.339. The summed E-state index contributed by atoms with van der Waals surface area (Å²) < 4.78 is 0. The predicted octanol–water partition coefficient (Wildman–Crippen LogP) is 5.21. The molecule has 0 unspecified atom stereocenters. The molecule has 0 saturated carbocycles. The number of benzene rings is 2. The number of para-hydroxylation sites is 1. The molecule has 4 rings (SSSR count). The molecule has 0 spiro atoms. The molecule has 4 aromatic rings. The van der Waals surface area contributed by atoms with E-state index in [0.717, 1.165) is 16.6 Å². The number of pyridine rings is 1. The fourth-order valence-electron chi connectivity index (χ4n) is 2.48. The molecule has 2 heterocycles. The molecular formula is C18H12Cl2N6. The third-order valence-corrected chi connectivity index (χ3v) is 4.47. The van der Waals surface area contributed by atoms with Crippen molar-refractivity contribution in [2.24, 2.45) is 0 Å². The number of hydrogen-bond acceptors (Lipinski definition) is 6. The van der Waals surface area contributed by atoms with Gasteiger partial charge in [-0.1, -0.05) is 47.5 Å². The molecule has 2 aromatic heterocycles. The van der Waals surface area contributed by atoms with E-state index in [1.807, 2.05) is 30.3 Å². The number of fused-ring (bicyclic) bond motifs is 1. The zero-order chi connectivity index (χ0) is 17.9. The standard InChI is InChI=1S/C18H12Cl2N6/c19-12-6-2-7-13(16(12)20)23-15-10-22-26-18(25-15)24-14-8-1-4-11-5-3-9-21-17(11)14/h1-10H,(H2,23,24,25,26). The van der Waals surface area contributed by atoms with Crippen LogP contribution in [0.3, 0.4) is 0 Å². The molecule has 0 aliphatic rings. The second-order valence-electron chi connectivity index (χ2n) is 5.40. The Hall–Kier alpha value is -2.96. The van der Waals surface area contributed by atoms with Crippen LogP contribution < -0.4 is 10.6 Å². The van der Waals surface area contributed by atoms with E-state index in [1.54, 1.807) is 24.4 Å². The number of nitrogens with one attached hydrogen (secondary N) is 2. The van der Waals surface area contributed by atoms with E-state index in [9.17, 15) is 0 Å². The Morgan fingerprint density at radius 3 is 2.58 bits per heavy atom. The van der Waals surface area contributed by atoms with E-state index in [1.165, 1.54) is 6.20 Å². The first-order valence-electron chi connectivity index (χ1n) is 7.72. The van der Waals surface area contributed by atoms with Crippen molar-refractivity contribution in [3.63, 3.8) is 0 Å². The Labute approximate surface area is 159 Å². The van der Waals surface area contributed by atoms with Crippen molar-refractivity contribution in [1.29, 1.82) is 0 Å². The molecule has 26 heavy (non-hydrogen) atoms. The molecule has 0 saturated heterocycles. The maximum Gasteiger partial charge on any atom is 0.249 e. The van der Waals surface area contributed by atoms with Crippen LogP contribution >= 0.6 is 23.2 Å². The first kappa shape index (κ1) is 16.5. The molecule has 0 amide bonds. The maximum atomic E-state index is 6.20. The van der Waals surface area contributed by atoms with E-state index >= 15 is 0 Å². The highest BCUT2D eigenvalue weighted by molar-refractivity contribution is 6.43. The van der Waals surface area contributed by atoms with Gasteiger partial charge >= 0.3 is 0 Å². The van der Waals surface area contributed by atoms with Crippen molar-refractivity contribution in [1.82, 2.24) is 20.2 Å². The normalized spacial score (nSPS) is 10.7. The summed E-state index contributed by atoms with van der Waals surface area (Å²) in [5, 5.41) is 16.1. The average Bonchev–Trinajstić information content (AvgIpc) is 2.66. The van der Waals surface area contributed by atoms with Crippen LogP contribution in [0.2, 0.25) is 10.0 Å². The Bertz CT molecular complexity index is 1080. The number of aromatic nitrogens is 4. The first-order chi connectivity index (χ1) is 12.7. The van der Waals surface area contributed by atoms with Gasteiger partial charge in [0, 0.05) is 11.6 Å². The van der Waals surface area contributed by atoms with Gasteiger partial charge in [-0.3, -0.25) is 4.98 Å². The number of nitrogens with zero attached hydrogens (tertiary/aromatic N) is 4. The summed E-state index contributed by atoms with van der Waals surface area (Å²) in [6.07, 6.45) is 3.25. The van der Waals surface area contributed by atoms with Gasteiger partial charge in [0.2, 0.25) is 5.95 Å². The fourth-order valence-corrected chi connectivity index (χ4v) is 2.83. The topological polar surface area (TPSA) is 75.6 Å². The predicted molar refractivity (Wildman–Crippen MR) is 105 cm³/mol. The van der Waals surface area contributed by atoms with Gasteiger partial charge in [-0.25, -0.2) is 0 Å². The number of hydrogen-bond donors (Lipinski definition) is 2. The van der Waals surface area contributed by atoms with Crippen molar-refractivity contribution in [2.75, 3.05) is 10.6 Å². The summed E-state index contributed by atoms with van der Waals surface area (Å²) in [6, 6.07) is 15.0. The van der Waals surface area contributed by atoms with E-state index in [-0.39, 0.29) is 0 Å². The van der Waals surface area contributed by atoms with E-state index < -0.39 is 0 Å². The molecule has 0 radical (unpaired) electrons. The van der Waals surface area contributed by atoms with Crippen LogP contribution in [0.1, 0.15) is 0 Å². The van der Waals surface area contributed by atoms with Crippen LogP contribution in [-0.4, -0.2) is 20.2 Å². The maximum absolute atomic E-state index is 6.20. The molecule has 0 fully saturated rings. The third-order valence-electron chi connectivity index (χ3n) is 3.65. The lowest BCUT2D eigenvalue weighted by Crippen LogP contribution is -2.03. The van der Waals surface area contributed by atoms with Crippen LogP contribution in [-0.2, 0) is 0 Å². The largest absolute Gasteiger partial charge is 0.338 e. The van der Waals surface area contributed by atoms with Crippen molar-refractivity contribution < 1.29 is 0 Å². The molecule has 0 atom stereocenters. The molecule has 8 heteroatoms. The van der Waals surface area contributed by atoms with Crippen LogP contribution in [0, 0.1) is 0 Å². The summed E-state index contributed by atoms with van der Waals surface area (Å²) in [6.45, 7) is 0. The molecule has 0 aliphatic carbocycles. The molecule has 2 aromatic carbocycles. The second kappa shape index (κ2) is 7.11. The van der Waals surface area contributed by atoms with Crippen LogP contribution in [0.25, 0.3) is 10.9 Å². The Balaban J connectivity index is 1.62. The van der Waals surface area contributed by atoms with E-state index in [0.29, 0.717) is 27.5 Å². The van der Waals surface area contributed by atoms with Crippen molar-refractivity contribution in [2.45, 2.75) is 0 Å². The number of halogens is 2. The summed E-state index contributed by atoms with van der Waals surface area (Å²) in [7, 11) is 0. The highest BCUT2D eigenvalue weighted by Gasteiger charge is 2.08. The van der Waals surface area contributed by atoms with Crippen molar-refractivity contribution in [3.8, 4) is 0 Å².